The van der Waals surface area contributed by atoms with Gasteiger partial charge in [-0.3, -0.25) is 9.69 Å². The van der Waals surface area contributed by atoms with Crippen molar-refractivity contribution in [2.75, 3.05) is 26.2 Å². The monoisotopic (exact) mass is 310 g/mol. The third-order valence-electron chi connectivity index (χ3n) is 3.57. The number of carbonyl (C=O) groups excluding carboxylic acids is 1. The number of nitrogens with zero attached hydrogens (tertiary/aromatic N) is 3. The van der Waals surface area contributed by atoms with Gasteiger partial charge >= 0.3 is 6.18 Å². The Morgan fingerprint density at radius 3 is 2.33 bits per heavy atom. The molecule has 0 saturated carbocycles. The first kappa shape index (κ1) is 17.5. The Kier molecular flexibility index (Phi) is 6.25. The fraction of sp³-hybridized carbons (Fsp3) is 0.833. The Morgan fingerprint density at radius 1 is 1.33 bits per heavy atom. The summed E-state index contributed by atoms with van der Waals surface area (Å²) in [7, 11) is 0. The van der Waals surface area contributed by atoms with Crippen molar-refractivity contribution >= 4 is 11.7 Å². The number of amidine groups is 1. The molecule has 122 valence electrons. The summed E-state index contributed by atoms with van der Waals surface area (Å²) in [4.78, 5) is 15.1. The maximum absolute atomic E-state index is 12.1. The Balaban J connectivity index is 2.46. The summed E-state index contributed by atoms with van der Waals surface area (Å²) in [5.74, 6) is -0.377. The van der Waals surface area contributed by atoms with Crippen molar-refractivity contribution in [2.45, 2.75) is 38.4 Å². The Bertz CT molecular complexity index is 379. The molecule has 21 heavy (non-hydrogen) atoms. The summed E-state index contributed by atoms with van der Waals surface area (Å²) in [5, 5.41) is 11.7. The minimum atomic E-state index is -4.31. The smallest absolute Gasteiger partial charge is 0.389 e. The predicted octanol–water partition coefficient (Wildman–Crippen LogP) is 0.998. The molecule has 1 saturated heterocycles. The van der Waals surface area contributed by atoms with E-state index in [1.165, 1.54) is 4.90 Å². The van der Waals surface area contributed by atoms with Crippen molar-refractivity contribution < 1.29 is 23.2 Å². The van der Waals surface area contributed by atoms with Gasteiger partial charge in [-0.1, -0.05) is 12.1 Å². The van der Waals surface area contributed by atoms with Gasteiger partial charge in [0.1, 0.15) is 0 Å². The highest BCUT2D eigenvalue weighted by Gasteiger charge is 2.31. The number of oxime groups is 1. The van der Waals surface area contributed by atoms with E-state index in [0.717, 1.165) is 0 Å². The molecular weight excluding hydrogens is 289 g/mol. The van der Waals surface area contributed by atoms with Gasteiger partial charge in [-0.05, 0) is 6.42 Å². The van der Waals surface area contributed by atoms with Crippen molar-refractivity contribution in [1.29, 1.82) is 0 Å². The van der Waals surface area contributed by atoms with Crippen LogP contribution in [0.1, 0.15) is 26.2 Å². The molecule has 0 aliphatic carbocycles. The van der Waals surface area contributed by atoms with Crippen LogP contribution >= 0.6 is 0 Å². The first-order chi connectivity index (χ1) is 9.78. The van der Waals surface area contributed by atoms with E-state index in [2.05, 4.69) is 5.16 Å². The lowest BCUT2D eigenvalue weighted by Crippen LogP contribution is -2.55. The van der Waals surface area contributed by atoms with Gasteiger partial charge in [-0.15, -0.1) is 0 Å². The van der Waals surface area contributed by atoms with Gasteiger partial charge in [-0.2, -0.15) is 13.2 Å². The van der Waals surface area contributed by atoms with E-state index in [1.807, 2.05) is 11.8 Å². The van der Waals surface area contributed by atoms with Gasteiger partial charge in [0, 0.05) is 32.6 Å². The Morgan fingerprint density at radius 2 is 1.90 bits per heavy atom. The number of nitrogens with two attached hydrogens (primary N) is 1. The third kappa shape index (κ3) is 5.41. The molecule has 1 rings (SSSR count). The number of hydrogen-bond donors (Lipinski definition) is 2. The molecule has 1 unspecified atom stereocenters. The predicted molar refractivity (Wildman–Crippen MR) is 70.9 cm³/mol. The average molecular weight is 310 g/mol. The number of amides is 1. The molecular formula is C12H21F3N4O2. The summed E-state index contributed by atoms with van der Waals surface area (Å²) in [6.07, 6.45) is -5.26. The van der Waals surface area contributed by atoms with Crippen LogP contribution in [-0.2, 0) is 4.79 Å². The molecule has 0 bridgehead atoms. The summed E-state index contributed by atoms with van der Waals surface area (Å²) in [5.41, 5.74) is 5.60. The van der Waals surface area contributed by atoms with E-state index in [9.17, 15) is 18.0 Å². The molecule has 0 spiro atoms. The van der Waals surface area contributed by atoms with Gasteiger partial charge in [-0.25, -0.2) is 0 Å². The van der Waals surface area contributed by atoms with Gasteiger partial charge in [0.25, 0.3) is 0 Å². The van der Waals surface area contributed by atoms with Crippen molar-refractivity contribution in [3.63, 3.8) is 0 Å². The molecule has 9 heteroatoms. The van der Waals surface area contributed by atoms with Crippen LogP contribution < -0.4 is 5.73 Å². The molecule has 3 N–H and O–H groups in total. The number of rotatable bonds is 5. The summed E-state index contributed by atoms with van der Waals surface area (Å²) < 4.78 is 36.3. The Labute approximate surface area is 121 Å². The molecule has 1 fully saturated rings. The van der Waals surface area contributed by atoms with Crippen LogP contribution in [0.25, 0.3) is 0 Å². The normalized spacial score (nSPS) is 19.6. The van der Waals surface area contributed by atoms with Crippen molar-refractivity contribution in [1.82, 2.24) is 9.80 Å². The molecule has 0 aromatic heterocycles. The molecule has 6 nitrogen and oxygen atoms in total. The standard InChI is InChI=1S/C12H21F3N4O2/c1-2-9(11(16)17-21)18-5-7-19(8-6-18)10(20)3-4-12(13,14)15/h9,21H,2-8H2,1H3,(H2,16,17). The topological polar surface area (TPSA) is 82.2 Å². The van der Waals surface area contributed by atoms with E-state index in [4.69, 9.17) is 10.9 Å². The number of halogens is 3. The lowest BCUT2D eigenvalue weighted by atomic mass is 10.1. The second kappa shape index (κ2) is 7.48. The number of carbonyl (C=O) groups is 1. The van der Waals surface area contributed by atoms with E-state index >= 15 is 0 Å². The van der Waals surface area contributed by atoms with Crippen molar-refractivity contribution in [2.24, 2.45) is 10.9 Å². The van der Waals surface area contributed by atoms with E-state index in [1.54, 1.807) is 0 Å². The van der Waals surface area contributed by atoms with Crippen LogP contribution in [0.5, 0.6) is 0 Å². The van der Waals surface area contributed by atoms with Crippen LogP contribution in [0, 0.1) is 0 Å². The number of alkyl halides is 3. The molecule has 1 heterocycles. The number of hydrogen-bond acceptors (Lipinski definition) is 4. The lowest BCUT2D eigenvalue weighted by molar-refractivity contribution is -0.150. The zero-order valence-electron chi connectivity index (χ0n) is 11.9. The highest BCUT2D eigenvalue weighted by molar-refractivity contribution is 5.85. The van der Waals surface area contributed by atoms with Gasteiger partial charge in [0.05, 0.1) is 12.5 Å². The maximum Gasteiger partial charge on any atom is 0.389 e. The average Bonchev–Trinajstić information content (AvgIpc) is 2.45. The zero-order chi connectivity index (χ0) is 16.0. The highest BCUT2D eigenvalue weighted by Crippen LogP contribution is 2.22. The van der Waals surface area contributed by atoms with Crippen LogP contribution in [0.4, 0.5) is 13.2 Å². The van der Waals surface area contributed by atoms with Crippen molar-refractivity contribution in [3.05, 3.63) is 0 Å². The molecule has 1 atom stereocenters. The second-order valence-corrected chi connectivity index (χ2v) is 4.98. The lowest BCUT2D eigenvalue weighted by Gasteiger charge is -2.38. The second-order valence-electron chi connectivity index (χ2n) is 4.98. The van der Waals surface area contributed by atoms with Gasteiger partial charge < -0.3 is 15.8 Å². The fourth-order valence-corrected chi connectivity index (χ4v) is 2.41. The summed E-state index contributed by atoms with van der Waals surface area (Å²) in [6.45, 7) is 3.58. The van der Waals surface area contributed by atoms with Crippen LogP contribution in [0.2, 0.25) is 0 Å². The largest absolute Gasteiger partial charge is 0.409 e. The van der Waals surface area contributed by atoms with Crippen molar-refractivity contribution in [3.8, 4) is 0 Å². The first-order valence-corrected chi connectivity index (χ1v) is 6.84. The van der Waals surface area contributed by atoms with E-state index in [-0.39, 0.29) is 11.9 Å². The molecule has 0 radical (unpaired) electrons. The highest BCUT2D eigenvalue weighted by atomic mass is 19.4. The van der Waals surface area contributed by atoms with E-state index in [0.29, 0.717) is 32.6 Å². The Hall–Kier alpha value is -1.51. The molecule has 0 aromatic carbocycles. The van der Waals surface area contributed by atoms with Crippen LogP contribution in [0.3, 0.4) is 0 Å². The van der Waals surface area contributed by atoms with Crippen LogP contribution in [0.15, 0.2) is 5.16 Å². The SMILES string of the molecule is CCC(C(N)=NO)N1CCN(C(=O)CCC(F)(F)F)CC1. The molecule has 1 aliphatic heterocycles. The maximum atomic E-state index is 12.1. The van der Waals surface area contributed by atoms with Gasteiger partial charge in [0.2, 0.25) is 5.91 Å². The minimum Gasteiger partial charge on any atom is -0.409 e. The fourth-order valence-electron chi connectivity index (χ4n) is 2.41. The quantitative estimate of drug-likeness (QED) is 0.343. The third-order valence-corrected chi connectivity index (χ3v) is 3.57. The van der Waals surface area contributed by atoms with Crippen LogP contribution in [-0.4, -0.2) is 65.1 Å². The van der Waals surface area contributed by atoms with E-state index < -0.39 is 24.9 Å². The minimum absolute atomic E-state index is 0.106. The molecule has 1 aliphatic rings. The van der Waals surface area contributed by atoms with Gasteiger partial charge in [0.15, 0.2) is 5.84 Å². The summed E-state index contributed by atoms with van der Waals surface area (Å²) in [6, 6.07) is -0.220. The first-order valence-electron chi connectivity index (χ1n) is 6.84. The molecule has 1 amide bonds. The number of piperazine rings is 1. The summed E-state index contributed by atoms with van der Waals surface area (Å²) >= 11 is 0. The molecule has 0 aromatic rings. The zero-order valence-corrected chi connectivity index (χ0v) is 11.9.